The van der Waals surface area contributed by atoms with Crippen LogP contribution in [0.2, 0.25) is 0 Å². The Bertz CT molecular complexity index is 329. The van der Waals surface area contributed by atoms with E-state index in [-0.39, 0.29) is 0 Å². The summed E-state index contributed by atoms with van der Waals surface area (Å²) in [6.07, 6.45) is 32.9. The molecular weight excluding hydrogens is 384 g/mol. The molecule has 0 heterocycles. The van der Waals surface area contributed by atoms with E-state index in [9.17, 15) is 0 Å². The van der Waals surface area contributed by atoms with E-state index in [1.807, 2.05) is 0 Å². The maximum absolute atomic E-state index is 5.75. The van der Waals surface area contributed by atoms with Crippen LogP contribution in [0.3, 0.4) is 0 Å². The van der Waals surface area contributed by atoms with Crippen molar-refractivity contribution in [1.82, 2.24) is 0 Å². The number of thiocarbonyl (C=S) groups is 1. The van der Waals surface area contributed by atoms with Gasteiger partial charge in [-0.25, -0.2) is 0 Å². The molecule has 1 nitrogen and oxygen atoms in total. The van der Waals surface area contributed by atoms with Crippen molar-refractivity contribution in [3.05, 3.63) is 0 Å². The van der Waals surface area contributed by atoms with E-state index >= 15 is 0 Å². The number of rotatable bonds is 25. The van der Waals surface area contributed by atoms with Crippen molar-refractivity contribution >= 4 is 17.3 Å². The van der Waals surface area contributed by atoms with Gasteiger partial charge in [0.1, 0.15) is 0 Å². The second-order valence-electron chi connectivity index (χ2n) is 9.40. The molecule has 0 unspecified atom stereocenters. The van der Waals surface area contributed by atoms with Gasteiger partial charge >= 0.3 is 0 Å². The van der Waals surface area contributed by atoms with Crippen molar-refractivity contribution in [1.29, 1.82) is 0 Å². The lowest BCUT2D eigenvalue weighted by molar-refractivity contribution is 0.290. The standard InChI is InChI=1S/C28H56OS/c1-3-5-7-9-11-13-15-16-17-18-20-22-24-26-28(30)29-27-25-23-21-19-14-12-10-8-6-4-2/h3-27H2,1-2H3. The van der Waals surface area contributed by atoms with Crippen molar-refractivity contribution in [3.8, 4) is 0 Å². The smallest absolute Gasteiger partial charge is 0.159 e. The highest BCUT2D eigenvalue weighted by Gasteiger charge is 1.99. The molecule has 0 aromatic carbocycles. The van der Waals surface area contributed by atoms with Crippen LogP contribution in [0.25, 0.3) is 0 Å². The van der Waals surface area contributed by atoms with E-state index in [0.29, 0.717) is 0 Å². The first-order valence-corrected chi connectivity index (χ1v) is 14.4. The van der Waals surface area contributed by atoms with Gasteiger partial charge in [0.15, 0.2) is 5.05 Å². The normalized spacial score (nSPS) is 11.1. The first kappa shape index (κ1) is 29.9. The summed E-state index contributed by atoms with van der Waals surface area (Å²) >= 11 is 5.39. The van der Waals surface area contributed by atoms with Crippen LogP contribution in [0.15, 0.2) is 0 Å². The molecule has 0 saturated carbocycles. The number of hydrogen-bond acceptors (Lipinski definition) is 2. The van der Waals surface area contributed by atoms with Crippen LogP contribution in [0, 0.1) is 0 Å². The molecule has 0 aliphatic carbocycles. The van der Waals surface area contributed by atoms with Crippen LogP contribution in [-0.2, 0) is 4.74 Å². The first-order chi connectivity index (χ1) is 14.8. The third-order valence-corrected chi connectivity index (χ3v) is 6.57. The Kier molecular flexibility index (Phi) is 26.8. The van der Waals surface area contributed by atoms with E-state index in [2.05, 4.69) is 13.8 Å². The average Bonchev–Trinajstić information content (AvgIpc) is 2.75. The Balaban J connectivity index is 3.13. The van der Waals surface area contributed by atoms with Gasteiger partial charge in [0.2, 0.25) is 0 Å². The molecule has 0 aromatic heterocycles. The van der Waals surface area contributed by atoms with Crippen LogP contribution >= 0.6 is 12.2 Å². The van der Waals surface area contributed by atoms with Crippen LogP contribution in [0.5, 0.6) is 0 Å². The zero-order chi connectivity index (χ0) is 22.0. The number of ether oxygens (including phenoxy) is 1. The molecule has 0 saturated heterocycles. The molecule has 180 valence electrons. The summed E-state index contributed by atoms with van der Waals surface area (Å²) in [4.78, 5) is 0. The summed E-state index contributed by atoms with van der Waals surface area (Å²) in [5.41, 5.74) is 0. The Labute approximate surface area is 196 Å². The van der Waals surface area contributed by atoms with Gasteiger partial charge in [-0.15, -0.1) is 0 Å². The highest BCUT2D eigenvalue weighted by molar-refractivity contribution is 7.80. The molecule has 0 spiro atoms. The van der Waals surface area contributed by atoms with Gasteiger partial charge in [-0.1, -0.05) is 149 Å². The molecule has 0 N–H and O–H groups in total. The molecule has 2 heteroatoms. The fraction of sp³-hybridized carbons (Fsp3) is 0.964. The lowest BCUT2D eigenvalue weighted by Gasteiger charge is -2.08. The van der Waals surface area contributed by atoms with Gasteiger partial charge in [-0.3, -0.25) is 0 Å². The van der Waals surface area contributed by atoms with Crippen LogP contribution < -0.4 is 0 Å². The molecule has 30 heavy (non-hydrogen) atoms. The van der Waals surface area contributed by atoms with Crippen molar-refractivity contribution < 1.29 is 4.74 Å². The Hall–Kier alpha value is -0.110. The monoisotopic (exact) mass is 440 g/mol. The molecule has 0 bridgehead atoms. The van der Waals surface area contributed by atoms with E-state index in [0.717, 1.165) is 18.1 Å². The SMILES string of the molecule is CCCCCCCCCCCCCCCC(=S)OCCCCCCCCCCCC. The molecule has 0 amide bonds. The lowest BCUT2D eigenvalue weighted by atomic mass is 10.0. The van der Waals surface area contributed by atoms with Gasteiger partial charge in [0.05, 0.1) is 6.61 Å². The molecule has 0 radical (unpaired) electrons. The van der Waals surface area contributed by atoms with Gasteiger partial charge < -0.3 is 4.74 Å². The van der Waals surface area contributed by atoms with Gasteiger partial charge in [0, 0.05) is 6.42 Å². The summed E-state index contributed by atoms with van der Waals surface area (Å²) < 4.78 is 5.75. The third-order valence-electron chi connectivity index (χ3n) is 6.25. The minimum absolute atomic E-state index is 0.841. The van der Waals surface area contributed by atoms with Crippen molar-refractivity contribution in [2.75, 3.05) is 6.61 Å². The third kappa shape index (κ3) is 25.9. The maximum atomic E-state index is 5.75. The topological polar surface area (TPSA) is 9.23 Å². The maximum Gasteiger partial charge on any atom is 0.159 e. The van der Waals surface area contributed by atoms with Crippen molar-refractivity contribution in [2.24, 2.45) is 0 Å². The Morgan fingerprint density at radius 3 is 1.10 bits per heavy atom. The zero-order valence-corrected chi connectivity index (χ0v) is 21.8. The van der Waals surface area contributed by atoms with Crippen molar-refractivity contribution in [3.63, 3.8) is 0 Å². The number of hydrogen-bond donors (Lipinski definition) is 0. The minimum atomic E-state index is 0.841. The molecule has 0 aromatic rings. The largest absolute Gasteiger partial charge is 0.487 e. The fourth-order valence-corrected chi connectivity index (χ4v) is 4.36. The molecule has 0 aliphatic rings. The van der Waals surface area contributed by atoms with E-state index in [1.54, 1.807) is 0 Å². The predicted octanol–water partition coefficient (Wildman–Crippen LogP) is 10.7. The first-order valence-electron chi connectivity index (χ1n) is 14.0. The second kappa shape index (κ2) is 26.9. The molecule has 0 atom stereocenters. The van der Waals surface area contributed by atoms with Gasteiger partial charge in [-0.05, 0) is 25.1 Å². The van der Waals surface area contributed by atoms with Crippen LogP contribution in [-0.4, -0.2) is 11.7 Å². The van der Waals surface area contributed by atoms with Crippen LogP contribution in [0.1, 0.15) is 168 Å². The summed E-state index contributed by atoms with van der Waals surface area (Å²) in [6, 6.07) is 0. The highest BCUT2D eigenvalue weighted by Crippen LogP contribution is 2.14. The molecular formula is C28H56OS. The van der Waals surface area contributed by atoms with Crippen LogP contribution in [0.4, 0.5) is 0 Å². The van der Waals surface area contributed by atoms with E-state index in [4.69, 9.17) is 17.0 Å². The second-order valence-corrected chi connectivity index (χ2v) is 9.85. The van der Waals surface area contributed by atoms with E-state index in [1.165, 1.54) is 148 Å². The molecule has 0 fully saturated rings. The van der Waals surface area contributed by atoms with Crippen molar-refractivity contribution in [2.45, 2.75) is 168 Å². The molecule has 0 rings (SSSR count). The number of unbranched alkanes of at least 4 members (excludes halogenated alkanes) is 21. The molecule has 0 aliphatic heterocycles. The van der Waals surface area contributed by atoms with Gasteiger partial charge in [-0.2, -0.15) is 0 Å². The summed E-state index contributed by atoms with van der Waals surface area (Å²) in [6.45, 7) is 5.42. The highest BCUT2D eigenvalue weighted by atomic mass is 32.1. The fourth-order valence-electron chi connectivity index (χ4n) is 4.13. The quantitative estimate of drug-likeness (QED) is 0.103. The van der Waals surface area contributed by atoms with Gasteiger partial charge in [0.25, 0.3) is 0 Å². The zero-order valence-electron chi connectivity index (χ0n) is 21.0. The predicted molar refractivity (Wildman–Crippen MR) is 141 cm³/mol. The lowest BCUT2D eigenvalue weighted by Crippen LogP contribution is -2.03. The Morgan fingerprint density at radius 1 is 0.433 bits per heavy atom. The summed E-state index contributed by atoms with van der Waals surface area (Å²) in [7, 11) is 0. The van der Waals surface area contributed by atoms with E-state index < -0.39 is 0 Å². The average molecular weight is 441 g/mol. The minimum Gasteiger partial charge on any atom is -0.487 e. The summed E-state index contributed by atoms with van der Waals surface area (Å²) in [5, 5.41) is 0.856. The summed E-state index contributed by atoms with van der Waals surface area (Å²) in [5.74, 6) is 0. The Morgan fingerprint density at radius 2 is 0.733 bits per heavy atom.